The molecule has 0 radical (unpaired) electrons. The third kappa shape index (κ3) is 2.55. The molecule has 1 atom stereocenters. The number of hydrogen-bond acceptors (Lipinski definition) is 4. The van der Waals surface area contributed by atoms with Gasteiger partial charge in [-0.3, -0.25) is 9.48 Å². The first kappa shape index (κ1) is 14.9. The van der Waals surface area contributed by atoms with Crippen molar-refractivity contribution in [2.24, 2.45) is 7.05 Å². The van der Waals surface area contributed by atoms with Gasteiger partial charge in [0.15, 0.2) is 0 Å². The number of nitrogens with zero attached hydrogens (tertiary/aromatic N) is 5. The molecule has 0 spiro atoms. The quantitative estimate of drug-likeness (QED) is 0.795. The molecule has 0 fully saturated rings. The highest BCUT2D eigenvalue weighted by Gasteiger charge is 2.27. The van der Waals surface area contributed by atoms with Crippen LogP contribution in [0.3, 0.4) is 0 Å². The van der Waals surface area contributed by atoms with Crippen molar-refractivity contribution in [2.75, 3.05) is 0 Å². The predicted molar refractivity (Wildman–Crippen MR) is 89.3 cm³/mol. The van der Waals surface area contributed by atoms with E-state index < -0.39 is 0 Å². The Morgan fingerprint density at radius 2 is 1.96 bits per heavy atom. The molecule has 3 aromatic rings. The van der Waals surface area contributed by atoms with Gasteiger partial charge in [0.05, 0.1) is 11.7 Å². The van der Waals surface area contributed by atoms with Gasteiger partial charge in [-0.15, -0.1) is 0 Å². The summed E-state index contributed by atoms with van der Waals surface area (Å²) < 4.78 is 1.94. The molecule has 24 heavy (non-hydrogen) atoms. The van der Waals surface area contributed by atoms with Crippen LogP contribution >= 0.6 is 0 Å². The van der Waals surface area contributed by atoms with Crippen LogP contribution in [0.1, 0.15) is 35.8 Å². The number of carbonyl (C=O) groups excluding carboxylic acids is 1. The topological polar surface area (TPSA) is 77.6 Å². The van der Waals surface area contributed by atoms with Crippen LogP contribution in [0.4, 0.5) is 0 Å². The zero-order valence-electron chi connectivity index (χ0n) is 13.9. The average Bonchev–Trinajstić information content (AvgIpc) is 3.08. The highest BCUT2D eigenvalue weighted by atomic mass is 16.2. The van der Waals surface area contributed by atoms with Crippen molar-refractivity contribution < 1.29 is 4.79 Å². The van der Waals surface area contributed by atoms with E-state index in [2.05, 4.69) is 20.6 Å². The van der Waals surface area contributed by atoms with Gasteiger partial charge in [-0.2, -0.15) is 20.1 Å². The lowest BCUT2D eigenvalue weighted by Gasteiger charge is -2.24. The van der Waals surface area contributed by atoms with Gasteiger partial charge >= 0.3 is 0 Å². The minimum atomic E-state index is -0.0728. The summed E-state index contributed by atoms with van der Waals surface area (Å²) in [4.78, 5) is 13.9. The first-order chi connectivity index (χ1) is 11.6. The summed E-state index contributed by atoms with van der Waals surface area (Å²) in [6.07, 6.45) is 3.02. The van der Waals surface area contributed by atoms with E-state index in [0.717, 1.165) is 36.0 Å². The summed E-state index contributed by atoms with van der Waals surface area (Å²) in [7, 11) is 1.97. The third-order valence-corrected chi connectivity index (χ3v) is 4.59. The summed E-state index contributed by atoms with van der Waals surface area (Å²) in [6, 6.07) is 7.64. The molecule has 0 saturated carbocycles. The van der Waals surface area contributed by atoms with E-state index in [9.17, 15) is 4.79 Å². The highest BCUT2D eigenvalue weighted by molar-refractivity contribution is 5.77. The summed E-state index contributed by atoms with van der Waals surface area (Å²) in [5.41, 5.74) is 5.00. The van der Waals surface area contributed by atoms with E-state index in [1.54, 1.807) is 0 Å². The van der Waals surface area contributed by atoms with Crippen LogP contribution in [-0.4, -0.2) is 30.7 Å². The van der Waals surface area contributed by atoms with Gasteiger partial charge in [0.25, 0.3) is 0 Å². The first-order valence-electron chi connectivity index (χ1n) is 8.23. The van der Waals surface area contributed by atoms with Gasteiger partial charge in [-0.05, 0) is 38.3 Å². The molecule has 1 N–H and O–H groups in total. The first-order valence-corrected chi connectivity index (χ1v) is 8.23. The molecule has 1 amide bonds. The molecule has 7 nitrogen and oxygen atoms in total. The largest absolute Gasteiger partial charge is 0.347 e. The van der Waals surface area contributed by atoms with Crippen LogP contribution in [0.5, 0.6) is 0 Å². The number of aryl methyl sites for hydroxylation is 2. The molecule has 0 aliphatic heterocycles. The van der Waals surface area contributed by atoms with E-state index in [1.165, 1.54) is 16.1 Å². The Labute approximate surface area is 139 Å². The lowest BCUT2D eigenvalue weighted by molar-refractivity contribution is -0.122. The molecular formula is C17H20N6O. The molecule has 0 saturated heterocycles. The van der Waals surface area contributed by atoms with Gasteiger partial charge in [0.2, 0.25) is 5.91 Å². The second kappa shape index (κ2) is 5.74. The smallest absolute Gasteiger partial charge is 0.244 e. The van der Waals surface area contributed by atoms with Gasteiger partial charge in [-0.25, -0.2) is 0 Å². The zero-order chi connectivity index (χ0) is 16.7. The average molecular weight is 324 g/mol. The zero-order valence-corrected chi connectivity index (χ0v) is 13.9. The standard InChI is InChI=1S/C17H20N6O/c1-11-17-14(8-5-9-15(17)22(2)19-11)18-16(24)10-23-20-12-6-3-4-7-13(12)21-23/h3-4,6-7,14H,5,8-10H2,1-2H3,(H,18,24). The third-order valence-electron chi connectivity index (χ3n) is 4.59. The van der Waals surface area contributed by atoms with Crippen LogP contribution in [-0.2, 0) is 24.8 Å². The fourth-order valence-corrected chi connectivity index (χ4v) is 3.58. The van der Waals surface area contributed by atoms with Crippen molar-refractivity contribution in [1.82, 2.24) is 30.1 Å². The molecule has 0 bridgehead atoms. The maximum atomic E-state index is 12.4. The molecule has 4 rings (SSSR count). The van der Waals surface area contributed by atoms with Crippen LogP contribution in [0, 0.1) is 6.92 Å². The Kier molecular flexibility index (Phi) is 3.55. The summed E-state index contributed by atoms with van der Waals surface area (Å²) in [6.45, 7) is 2.13. The summed E-state index contributed by atoms with van der Waals surface area (Å²) in [5.74, 6) is -0.0728. The van der Waals surface area contributed by atoms with Gasteiger partial charge in [0.1, 0.15) is 17.6 Å². The van der Waals surface area contributed by atoms with Gasteiger partial charge < -0.3 is 5.32 Å². The molecule has 2 heterocycles. The SMILES string of the molecule is Cc1nn(C)c2c1C(NC(=O)Cn1nc3ccccc3n1)CCC2. The van der Waals surface area contributed by atoms with Crippen molar-refractivity contribution >= 4 is 16.9 Å². The maximum absolute atomic E-state index is 12.4. The van der Waals surface area contributed by atoms with Gasteiger partial charge in [-0.1, -0.05) is 12.1 Å². The Morgan fingerprint density at radius 3 is 2.67 bits per heavy atom. The fraction of sp³-hybridized carbons (Fsp3) is 0.412. The number of carbonyl (C=O) groups is 1. The molecule has 7 heteroatoms. The predicted octanol–water partition coefficient (Wildman–Crippen LogP) is 1.67. The van der Waals surface area contributed by atoms with Crippen molar-refractivity contribution in [2.45, 2.75) is 38.8 Å². The maximum Gasteiger partial charge on any atom is 0.244 e. The Morgan fingerprint density at radius 1 is 1.25 bits per heavy atom. The number of rotatable bonds is 3. The van der Waals surface area contributed by atoms with Crippen LogP contribution in [0.15, 0.2) is 24.3 Å². The number of benzene rings is 1. The minimum Gasteiger partial charge on any atom is -0.347 e. The molecular weight excluding hydrogens is 304 g/mol. The number of hydrogen-bond donors (Lipinski definition) is 1. The van der Waals surface area contributed by atoms with Crippen LogP contribution in [0.2, 0.25) is 0 Å². The van der Waals surface area contributed by atoms with Gasteiger partial charge in [0, 0.05) is 18.3 Å². The van der Waals surface area contributed by atoms with E-state index >= 15 is 0 Å². The lowest BCUT2D eigenvalue weighted by Crippen LogP contribution is -2.34. The number of fused-ring (bicyclic) bond motifs is 2. The normalized spacial score (nSPS) is 17.0. The van der Waals surface area contributed by atoms with Crippen LogP contribution < -0.4 is 5.32 Å². The fourth-order valence-electron chi connectivity index (χ4n) is 3.58. The number of nitrogens with one attached hydrogen (secondary N) is 1. The van der Waals surface area contributed by atoms with Crippen LogP contribution in [0.25, 0.3) is 11.0 Å². The van der Waals surface area contributed by atoms with E-state index in [-0.39, 0.29) is 18.5 Å². The Hall–Kier alpha value is -2.70. The summed E-state index contributed by atoms with van der Waals surface area (Å²) in [5, 5.41) is 16.3. The van der Waals surface area contributed by atoms with E-state index in [4.69, 9.17) is 0 Å². The van der Waals surface area contributed by atoms with E-state index in [1.807, 2.05) is 42.9 Å². The Bertz CT molecular complexity index is 876. The Balaban J connectivity index is 1.51. The minimum absolute atomic E-state index is 0.0277. The van der Waals surface area contributed by atoms with Crippen molar-refractivity contribution in [3.8, 4) is 0 Å². The number of aromatic nitrogens is 5. The lowest BCUT2D eigenvalue weighted by atomic mass is 9.91. The molecule has 1 unspecified atom stereocenters. The molecule has 124 valence electrons. The second-order valence-corrected chi connectivity index (χ2v) is 6.30. The second-order valence-electron chi connectivity index (χ2n) is 6.30. The van der Waals surface area contributed by atoms with Crippen molar-refractivity contribution in [3.05, 3.63) is 41.2 Å². The van der Waals surface area contributed by atoms with Crippen molar-refractivity contribution in [1.29, 1.82) is 0 Å². The summed E-state index contributed by atoms with van der Waals surface area (Å²) >= 11 is 0. The molecule has 1 aliphatic carbocycles. The molecule has 2 aromatic heterocycles. The molecule has 1 aromatic carbocycles. The van der Waals surface area contributed by atoms with Crippen molar-refractivity contribution in [3.63, 3.8) is 0 Å². The highest BCUT2D eigenvalue weighted by Crippen LogP contribution is 2.31. The monoisotopic (exact) mass is 324 g/mol. The van der Waals surface area contributed by atoms with E-state index in [0.29, 0.717) is 0 Å². The number of amides is 1. The molecule has 1 aliphatic rings.